The van der Waals surface area contributed by atoms with E-state index in [9.17, 15) is 14.7 Å². The predicted octanol–water partition coefficient (Wildman–Crippen LogP) is -3.52. The van der Waals surface area contributed by atoms with Gasteiger partial charge in [0.15, 0.2) is 0 Å². The normalized spacial score (nSPS) is 25.0. The molecule has 0 aromatic heterocycles. The van der Waals surface area contributed by atoms with Crippen LogP contribution in [0.15, 0.2) is 11.6 Å². The molecule has 7 heteroatoms. The molecule has 3 atom stereocenters. The SMILES string of the molecule is CCC(CC)OC1C=C(C(=O)[O-])CC(N)C1NC(C)=O.[K+]. The van der Waals surface area contributed by atoms with Crippen LogP contribution in [0.2, 0.25) is 0 Å². The number of aliphatic carboxylic acids is 1. The first-order valence-electron chi connectivity index (χ1n) is 6.99. The molecular formula is C14H23KN2O4. The number of carboxylic acid groups (broad SMARTS) is 1. The Morgan fingerprint density at radius 1 is 1.48 bits per heavy atom. The van der Waals surface area contributed by atoms with Crippen molar-refractivity contribution in [2.24, 2.45) is 5.73 Å². The minimum absolute atomic E-state index is 0. The first kappa shape index (κ1) is 21.2. The number of nitrogens with two attached hydrogens (primary N) is 1. The summed E-state index contributed by atoms with van der Waals surface area (Å²) < 4.78 is 5.89. The molecule has 0 spiro atoms. The van der Waals surface area contributed by atoms with Crippen LogP contribution in [0.5, 0.6) is 0 Å². The second-order valence-corrected chi connectivity index (χ2v) is 5.11. The largest absolute Gasteiger partial charge is 1.00 e. The van der Waals surface area contributed by atoms with E-state index in [1.165, 1.54) is 13.0 Å². The van der Waals surface area contributed by atoms with E-state index in [1.54, 1.807) is 0 Å². The zero-order valence-electron chi connectivity index (χ0n) is 13.2. The Labute approximate surface area is 168 Å². The molecule has 0 aromatic rings. The Bertz CT molecular complexity index is 396. The van der Waals surface area contributed by atoms with Crippen LogP contribution in [0.3, 0.4) is 0 Å². The summed E-state index contributed by atoms with van der Waals surface area (Å²) in [6.07, 6.45) is 2.75. The maximum atomic E-state index is 11.3. The first-order valence-corrected chi connectivity index (χ1v) is 6.99. The van der Waals surface area contributed by atoms with Crippen LogP contribution in [0.25, 0.3) is 0 Å². The number of carbonyl (C=O) groups is 2. The summed E-state index contributed by atoms with van der Waals surface area (Å²) in [5, 5.41) is 13.8. The molecule has 0 heterocycles. The Morgan fingerprint density at radius 2 is 2.05 bits per heavy atom. The molecule has 3 unspecified atom stereocenters. The van der Waals surface area contributed by atoms with Gasteiger partial charge < -0.3 is 25.7 Å². The predicted molar refractivity (Wildman–Crippen MR) is 72.5 cm³/mol. The van der Waals surface area contributed by atoms with E-state index < -0.39 is 24.2 Å². The third-order valence-electron chi connectivity index (χ3n) is 3.53. The van der Waals surface area contributed by atoms with Gasteiger partial charge in [-0.15, -0.1) is 0 Å². The Hall–Kier alpha value is 0.236. The number of carbonyl (C=O) groups excluding carboxylic acids is 2. The van der Waals surface area contributed by atoms with Crippen molar-refractivity contribution in [2.75, 3.05) is 0 Å². The maximum Gasteiger partial charge on any atom is 1.00 e. The molecule has 21 heavy (non-hydrogen) atoms. The van der Waals surface area contributed by atoms with Gasteiger partial charge in [-0.05, 0) is 30.9 Å². The van der Waals surface area contributed by atoms with Gasteiger partial charge in [-0.1, -0.05) is 13.8 Å². The molecule has 1 aliphatic carbocycles. The summed E-state index contributed by atoms with van der Waals surface area (Å²) in [7, 11) is 0. The minimum Gasteiger partial charge on any atom is -0.545 e. The van der Waals surface area contributed by atoms with Crippen molar-refractivity contribution >= 4 is 11.9 Å². The second-order valence-electron chi connectivity index (χ2n) is 5.11. The summed E-state index contributed by atoms with van der Waals surface area (Å²) in [6, 6.07) is -0.924. The standard InChI is InChI=1S/C14H24N2O4.K/c1-4-10(5-2)20-12-7-9(14(18)19)6-11(15)13(12)16-8(3)17;/h7,10-13H,4-6,15H2,1-3H3,(H,16,17)(H,18,19);/q;+1/p-1. The number of hydrogen-bond donors (Lipinski definition) is 2. The Kier molecular flexibility index (Phi) is 10.2. The van der Waals surface area contributed by atoms with E-state index >= 15 is 0 Å². The molecule has 0 fully saturated rings. The fourth-order valence-corrected chi connectivity index (χ4v) is 2.40. The van der Waals surface area contributed by atoms with E-state index in [1.807, 2.05) is 13.8 Å². The molecule has 114 valence electrons. The summed E-state index contributed by atoms with van der Waals surface area (Å²) in [6.45, 7) is 5.39. The van der Waals surface area contributed by atoms with Gasteiger partial charge in [-0.2, -0.15) is 0 Å². The molecule has 6 nitrogen and oxygen atoms in total. The van der Waals surface area contributed by atoms with Crippen molar-refractivity contribution in [3.05, 3.63) is 11.6 Å². The van der Waals surface area contributed by atoms with Crippen LogP contribution >= 0.6 is 0 Å². The molecule has 0 aromatic carbocycles. The number of carboxylic acids is 1. The van der Waals surface area contributed by atoms with Crippen LogP contribution in [0.1, 0.15) is 40.0 Å². The number of ether oxygens (including phenoxy) is 1. The quantitative estimate of drug-likeness (QED) is 0.493. The molecule has 0 radical (unpaired) electrons. The average Bonchev–Trinajstić information content (AvgIpc) is 2.38. The van der Waals surface area contributed by atoms with Crippen LogP contribution in [-0.4, -0.2) is 36.2 Å². The number of rotatable bonds is 6. The van der Waals surface area contributed by atoms with Gasteiger partial charge >= 0.3 is 51.4 Å². The van der Waals surface area contributed by atoms with Crippen molar-refractivity contribution in [3.8, 4) is 0 Å². The molecule has 1 aliphatic rings. The van der Waals surface area contributed by atoms with Crippen LogP contribution < -0.4 is 67.5 Å². The van der Waals surface area contributed by atoms with Gasteiger partial charge in [-0.25, -0.2) is 0 Å². The van der Waals surface area contributed by atoms with E-state index in [0.717, 1.165) is 12.8 Å². The smallest absolute Gasteiger partial charge is 0.545 e. The Morgan fingerprint density at radius 3 is 2.48 bits per heavy atom. The van der Waals surface area contributed by atoms with Crippen LogP contribution in [0.4, 0.5) is 0 Å². The van der Waals surface area contributed by atoms with Gasteiger partial charge in [0.25, 0.3) is 0 Å². The van der Waals surface area contributed by atoms with Gasteiger partial charge in [-0.3, -0.25) is 4.79 Å². The van der Waals surface area contributed by atoms with E-state index in [2.05, 4.69) is 5.32 Å². The van der Waals surface area contributed by atoms with Gasteiger partial charge in [0, 0.05) is 13.0 Å². The molecule has 1 amide bonds. The topological polar surface area (TPSA) is 104 Å². The number of nitrogens with one attached hydrogen (secondary N) is 1. The van der Waals surface area contributed by atoms with Crippen LogP contribution in [-0.2, 0) is 14.3 Å². The van der Waals surface area contributed by atoms with Crippen molar-refractivity contribution in [2.45, 2.75) is 64.3 Å². The van der Waals surface area contributed by atoms with Gasteiger partial charge in [0.2, 0.25) is 5.91 Å². The Balaban J connectivity index is 0.00000400. The fraction of sp³-hybridized carbons (Fsp3) is 0.714. The second kappa shape index (κ2) is 10.1. The summed E-state index contributed by atoms with van der Waals surface area (Å²) in [4.78, 5) is 22.3. The third kappa shape index (κ3) is 6.48. The zero-order chi connectivity index (χ0) is 15.3. The third-order valence-corrected chi connectivity index (χ3v) is 3.53. The van der Waals surface area contributed by atoms with Crippen molar-refractivity contribution < 1.29 is 70.8 Å². The molecule has 0 aliphatic heterocycles. The number of hydrogen-bond acceptors (Lipinski definition) is 5. The van der Waals surface area contributed by atoms with E-state index in [0.29, 0.717) is 0 Å². The van der Waals surface area contributed by atoms with E-state index in [4.69, 9.17) is 10.5 Å². The zero-order valence-corrected chi connectivity index (χ0v) is 16.3. The van der Waals surface area contributed by atoms with E-state index in [-0.39, 0.29) is 75.4 Å². The first-order chi connectivity index (χ1) is 9.38. The van der Waals surface area contributed by atoms with Crippen molar-refractivity contribution in [1.82, 2.24) is 5.32 Å². The molecular weight excluding hydrogens is 299 g/mol. The molecule has 3 N–H and O–H groups in total. The molecule has 1 rings (SSSR count). The van der Waals surface area contributed by atoms with Crippen molar-refractivity contribution in [1.29, 1.82) is 0 Å². The summed E-state index contributed by atoms with van der Waals surface area (Å²) in [5.74, 6) is -1.45. The minimum atomic E-state index is -1.24. The van der Waals surface area contributed by atoms with Crippen molar-refractivity contribution in [3.63, 3.8) is 0 Å². The van der Waals surface area contributed by atoms with Crippen LogP contribution in [0, 0.1) is 0 Å². The van der Waals surface area contributed by atoms with Gasteiger partial charge in [0.1, 0.15) is 0 Å². The average molecular weight is 322 g/mol. The summed E-state index contributed by atoms with van der Waals surface area (Å²) >= 11 is 0. The maximum absolute atomic E-state index is 11.3. The fourth-order valence-electron chi connectivity index (χ4n) is 2.40. The molecule has 0 bridgehead atoms. The molecule has 0 saturated carbocycles. The molecule has 0 saturated heterocycles. The summed E-state index contributed by atoms with van der Waals surface area (Å²) in [5.41, 5.74) is 6.11. The van der Waals surface area contributed by atoms with Gasteiger partial charge in [0.05, 0.1) is 24.2 Å². The number of amides is 1. The monoisotopic (exact) mass is 322 g/mol.